The number of carbonyl (C=O) groups is 2. The number of carbonyl (C=O) groups excluding carboxylic acids is 2. The zero-order chi connectivity index (χ0) is 23.3. The van der Waals surface area contributed by atoms with Gasteiger partial charge in [0.25, 0.3) is 0 Å². The molecule has 0 atom stereocenters. The highest BCUT2D eigenvalue weighted by atomic mass is 19.4. The molecule has 1 aromatic heterocycles. The van der Waals surface area contributed by atoms with Crippen LogP contribution in [0.25, 0.3) is 11.3 Å². The maximum atomic E-state index is 13.1. The second-order valence-electron chi connectivity index (χ2n) is 7.68. The van der Waals surface area contributed by atoms with E-state index in [1.165, 1.54) is 19.1 Å². The van der Waals surface area contributed by atoms with Crippen molar-refractivity contribution in [3.05, 3.63) is 83.0 Å². The minimum Gasteiger partial charge on any atom is -0.356 e. The van der Waals surface area contributed by atoms with Crippen LogP contribution in [0, 0.1) is 6.92 Å². The maximum absolute atomic E-state index is 13.1. The summed E-state index contributed by atoms with van der Waals surface area (Å²) in [5.41, 5.74) is 2.60. The number of nitrogens with zero attached hydrogens (tertiary/aromatic N) is 1. The van der Waals surface area contributed by atoms with Gasteiger partial charge in [-0.15, -0.1) is 0 Å². The molecule has 0 radical (unpaired) electrons. The number of aromatic nitrogens is 1. The normalized spacial score (nSPS) is 11.4. The quantitative estimate of drug-likeness (QED) is 0.373. The van der Waals surface area contributed by atoms with Gasteiger partial charge < -0.3 is 9.88 Å². The van der Waals surface area contributed by atoms with Crippen LogP contribution >= 0.6 is 0 Å². The third kappa shape index (κ3) is 5.66. The van der Waals surface area contributed by atoms with E-state index in [1.54, 1.807) is 6.07 Å². The molecule has 3 aromatic rings. The van der Waals surface area contributed by atoms with E-state index in [4.69, 9.17) is 0 Å². The first-order valence-corrected chi connectivity index (χ1v) is 10.4. The number of Topliss-reactive ketones (excluding diaryl/α,β-unsaturated/α-hetero) is 1. The lowest BCUT2D eigenvalue weighted by molar-refractivity contribution is -0.137. The summed E-state index contributed by atoms with van der Waals surface area (Å²) in [5.74, 6) is -0.339. The fourth-order valence-corrected chi connectivity index (χ4v) is 3.70. The second kappa shape index (κ2) is 9.85. The smallest absolute Gasteiger partial charge is 0.356 e. The van der Waals surface area contributed by atoms with Gasteiger partial charge in [0, 0.05) is 43.4 Å². The van der Waals surface area contributed by atoms with Gasteiger partial charge in [-0.25, -0.2) is 0 Å². The van der Waals surface area contributed by atoms with Gasteiger partial charge in [0.15, 0.2) is 5.78 Å². The Bertz CT molecular complexity index is 1100. The van der Waals surface area contributed by atoms with Crippen molar-refractivity contribution in [1.29, 1.82) is 0 Å². The molecule has 0 aliphatic heterocycles. The van der Waals surface area contributed by atoms with Gasteiger partial charge in [0.05, 0.1) is 5.56 Å². The lowest BCUT2D eigenvalue weighted by Gasteiger charge is -2.12. The molecular weight excluding hydrogens is 417 g/mol. The van der Waals surface area contributed by atoms with Gasteiger partial charge in [-0.2, -0.15) is 13.2 Å². The van der Waals surface area contributed by atoms with Crippen molar-refractivity contribution in [2.45, 2.75) is 39.4 Å². The van der Waals surface area contributed by atoms with Crippen molar-refractivity contribution >= 4 is 11.7 Å². The van der Waals surface area contributed by atoms with Gasteiger partial charge in [0.2, 0.25) is 5.91 Å². The van der Waals surface area contributed by atoms with Crippen molar-refractivity contribution in [3.63, 3.8) is 0 Å². The summed E-state index contributed by atoms with van der Waals surface area (Å²) in [4.78, 5) is 24.2. The summed E-state index contributed by atoms with van der Waals surface area (Å²) in [6, 6.07) is 16.3. The van der Waals surface area contributed by atoms with Gasteiger partial charge in [-0.1, -0.05) is 48.5 Å². The third-order valence-corrected chi connectivity index (χ3v) is 5.29. The van der Waals surface area contributed by atoms with Crippen molar-refractivity contribution in [2.24, 2.45) is 0 Å². The zero-order valence-electron chi connectivity index (χ0n) is 18.0. The Balaban J connectivity index is 1.89. The second-order valence-corrected chi connectivity index (χ2v) is 7.68. The molecule has 7 heteroatoms. The van der Waals surface area contributed by atoms with Crippen molar-refractivity contribution in [2.75, 3.05) is 6.54 Å². The molecule has 4 nitrogen and oxygen atoms in total. The number of rotatable bonds is 8. The molecule has 1 amide bonds. The molecule has 0 aliphatic carbocycles. The highest BCUT2D eigenvalue weighted by Crippen LogP contribution is 2.31. The Morgan fingerprint density at radius 3 is 2.38 bits per heavy atom. The first kappa shape index (κ1) is 23.3. The predicted molar refractivity (Wildman–Crippen MR) is 117 cm³/mol. The van der Waals surface area contributed by atoms with E-state index < -0.39 is 11.7 Å². The average molecular weight is 442 g/mol. The van der Waals surface area contributed by atoms with Crippen LogP contribution in [0.4, 0.5) is 13.2 Å². The highest BCUT2D eigenvalue weighted by Gasteiger charge is 2.30. The largest absolute Gasteiger partial charge is 0.416 e. The van der Waals surface area contributed by atoms with E-state index in [-0.39, 0.29) is 18.1 Å². The van der Waals surface area contributed by atoms with Crippen LogP contribution in [0.5, 0.6) is 0 Å². The minimum absolute atomic E-state index is 0.102. The molecule has 3 rings (SSSR count). The number of hydrogen-bond acceptors (Lipinski definition) is 2. The molecule has 168 valence electrons. The van der Waals surface area contributed by atoms with Crippen LogP contribution in [0.1, 0.15) is 40.5 Å². The van der Waals surface area contributed by atoms with E-state index in [0.717, 1.165) is 29.1 Å². The van der Waals surface area contributed by atoms with Crippen molar-refractivity contribution in [3.8, 4) is 11.3 Å². The topological polar surface area (TPSA) is 51.1 Å². The monoisotopic (exact) mass is 442 g/mol. The maximum Gasteiger partial charge on any atom is 0.416 e. The Morgan fingerprint density at radius 1 is 1.00 bits per heavy atom. The number of nitrogens with one attached hydrogen (secondary N) is 1. The first-order chi connectivity index (χ1) is 15.2. The Labute approximate surface area is 185 Å². The van der Waals surface area contributed by atoms with Crippen LogP contribution in [0.2, 0.25) is 0 Å². The van der Waals surface area contributed by atoms with E-state index in [1.807, 2.05) is 41.8 Å². The molecular formula is C25H25F3N2O2. The zero-order valence-corrected chi connectivity index (χ0v) is 18.0. The molecule has 0 fully saturated rings. The summed E-state index contributed by atoms with van der Waals surface area (Å²) in [6.45, 7) is 4.40. The lowest BCUT2D eigenvalue weighted by Crippen LogP contribution is -2.22. The Morgan fingerprint density at radius 2 is 1.72 bits per heavy atom. The van der Waals surface area contributed by atoms with E-state index in [2.05, 4.69) is 5.32 Å². The van der Waals surface area contributed by atoms with Crippen molar-refractivity contribution in [1.82, 2.24) is 9.88 Å². The standard InChI is InChI=1S/C25H25F3N2O2/c1-17-22(24(32)15-19-8-6-11-21(14-19)25(26,27)28)16-23(20-9-4-3-5-10-20)30(17)13-7-12-29-18(2)31/h3-6,8-11,14,16H,7,12-13,15H2,1-2H3,(H,29,31). The van der Waals surface area contributed by atoms with Crippen LogP contribution in [-0.4, -0.2) is 22.8 Å². The van der Waals surface area contributed by atoms with E-state index in [0.29, 0.717) is 30.6 Å². The molecule has 0 saturated heterocycles. The molecule has 0 saturated carbocycles. The lowest BCUT2D eigenvalue weighted by atomic mass is 10.0. The molecule has 0 bridgehead atoms. The van der Waals surface area contributed by atoms with Gasteiger partial charge in [0.1, 0.15) is 0 Å². The molecule has 32 heavy (non-hydrogen) atoms. The molecule has 1 heterocycles. The van der Waals surface area contributed by atoms with Crippen LogP contribution < -0.4 is 5.32 Å². The van der Waals surface area contributed by atoms with E-state index in [9.17, 15) is 22.8 Å². The average Bonchev–Trinajstić information content (AvgIpc) is 3.08. The highest BCUT2D eigenvalue weighted by molar-refractivity contribution is 6.00. The summed E-state index contributed by atoms with van der Waals surface area (Å²) < 4.78 is 41.1. The number of hydrogen-bond donors (Lipinski definition) is 1. The van der Waals surface area contributed by atoms with Crippen LogP contribution in [-0.2, 0) is 23.9 Å². The summed E-state index contributed by atoms with van der Waals surface area (Å²) >= 11 is 0. The number of ketones is 1. The number of benzene rings is 2. The predicted octanol–water partition coefficient (Wildman–Crippen LogP) is 5.43. The van der Waals surface area contributed by atoms with Crippen molar-refractivity contribution < 1.29 is 22.8 Å². The minimum atomic E-state index is -4.45. The Hall–Kier alpha value is -3.35. The fourth-order valence-electron chi connectivity index (χ4n) is 3.70. The van der Waals surface area contributed by atoms with Gasteiger partial charge >= 0.3 is 6.18 Å². The SMILES string of the molecule is CC(=O)NCCCn1c(-c2ccccc2)cc(C(=O)Cc2cccc(C(F)(F)F)c2)c1C. The number of halogens is 3. The molecule has 0 aliphatic rings. The molecule has 0 unspecified atom stereocenters. The molecule has 1 N–H and O–H groups in total. The van der Waals surface area contributed by atoms with E-state index >= 15 is 0 Å². The van der Waals surface area contributed by atoms with Crippen LogP contribution in [0.3, 0.4) is 0 Å². The molecule has 2 aromatic carbocycles. The first-order valence-electron chi connectivity index (χ1n) is 10.4. The van der Waals surface area contributed by atoms with Gasteiger partial charge in [-0.3, -0.25) is 9.59 Å². The Kier molecular flexibility index (Phi) is 7.18. The summed E-state index contributed by atoms with van der Waals surface area (Å²) in [6.07, 6.45) is -3.89. The third-order valence-electron chi connectivity index (χ3n) is 5.29. The number of amides is 1. The summed E-state index contributed by atoms with van der Waals surface area (Å²) in [5, 5.41) is 2.76. The van der Waals surface area contributed by atoms with Crippen LogP contribution in [0.15, 0.2) is 60.7 Å². The summed E-state index contributed by atoms with van der Waals surface area (Å²) in [7, 11) is 0. The fraction of sp³-hybridized carbons (Fsp3) is 0.280. The van der Waals surface area contributed by atoms with Gasteiger partial charge in [-0.05, 0) is 36.6 Å². The molecule has 0 spiro atoms. The number of alkyl halides is 3.